The molecule has 27 heavy (non-hydrogen) atoms. The van der Waals surface area contributed by atoms with E-state index in [0.717, 1.165) is 36.5 Å². The fourth-order valence-electron chi connectivity index (χ4n) is 3.56. The standard InChI is InChI=1S/C19H27N3O3S2/c1-4-21(5-2)27(24,25)14-11-12-16-15(13-14)20-19(22(16)6-3)26-18-10-8-7-9-17(18)23/h11-13,18H,4-10H2,1-3H3/t18-/m0/s1. The minimum atomic E-state index is -3.52. The summed E-state index contributed by atoms with van der Waals surface area (Å²) >= 11 is 1.52. The molecule has 1 aromatic carbocycles. The highest BCUT2D eigenvalue weighted by atomic mass is 32.2. The van der Waals surface area contributed by atoms with E-state index in [0.29, 0.717) is 30.8 Å². The predicted octanol–water partition coefficient (Wildman–Crippen LogP) is 3.69. The first-order valence-corrected chi connectivity index (χ1v) is 11.9. The predicted molar refractivity (Wildman–Crippen MR) is 109 cm³/mol. The molecule has 6 nitrogen and oxygen atoms in total. The first-order valence-electron chi connectivity index (χ1n) is 9.62. The monoisotopic (exact) mass is 409 g/mol. The molecule has 0 radical (unpaired) electrons. The third-order valence-electron chi connectivity index (χ3n) is 5.09. The molecule has 2 aromatic rings. The highest BCUT2D eigenvalue weighted by Crippen LogP contribution is 2.34. The number of imidazole rings is 1. The van der Waals surface area contributed by atoms with Crippen LogP contribution in [0, 0.1) is 0 Å². The van der Waals surface area contributed by atoms with Crippen LogP contribution < -0.4 is 0 Å². The quantitative estimate of drug-likeness (QED) is 0.697. The van der Waals surface area contributed by atoms with Gasteiger partial charge in [-0.1, -0.05) is 32.0 Å². The second-order valence-corrected chi connectivity index (χ2v) is 9.80. The third kappa shape index (κ3) is 3.93. The van der Waals surface area contributed by atoms with Crippen LogP contribution in [0.4, 0.5) is 0 Å². The number of benzene rings is 1. The Hall–Kier alpha value is -1.38. The Bertz CT molecular complexity index is 933. The highest BCUT2D eigenvalue weighted by Gasteiger charge is 2.27. The lowest BCUT2D eigenvalue weighted by Gasteiger charge is -2.19. The van der Waals surface area contributed by atoms with Crippen LogP contribution in [0.3, 0.4) is 0 Å². The van der Waals surface area contributed by atoms with Crippen molar-refractivity contribution in [1.29, 1.82) is 0 Å². The summed E-state index contributed by atoms with van der Waals surface area (Å²) in [4.78, 5) is 17.2. The maximum absolute atomic E-state index is 12.8. The van der Waals surface area contributed by atoms with Crippen LogP contribution in [0.2, 0.25) is 0 Å². The lowest BCUT2D eigenvalue weighted by molar-refractivity contribution is -0.119. The molecule has 1 aliphatic rings. The molecule has 0 bridgehead atoms. The van der Waals surface area contributed by atoms with Crippen molar-refractivity contribution in [2.75, 3.05) is 13.1 Å². The van der Waals surface area contributed by atoms with Gasteiger partial charge in [-0.05, 0) is 38.0 Å². The molecule has 1 heterocycles. The van der Waals surface area contributed by atoms with E-state index in [2.05, 4.69) is 9.55 Å². The summed E-state index contributed by atoms with van der Waals surface area (Å²) in [7, 11) is -3.52. The number of nitrogens with zero attached hydrogens (tertiary/aromatic N) is 3. The van der Waals surface area contributed by atoms with Crippen LogP contribution in [0.5, 0.6) is 0 Å². The summed E-state index contributed by atoms with van der Waals surface area (Å²) in [5.74, 6) is 0.297. The number of sulfonamides is 1. The lowest BCUT2D eigenvalue weighted by atomic mass is 9.99. The summed E-state index contributed by atoms with van der Waals surface area (Å²) in [6.45, 7) is 7.30. The van der Waals surface area contributed by atoms with Crippen LogP contribution in [0.15, 0.2) is 28.3 Å². The molecular weight excluding hydrogens is 382 g/mol. The number of hydrogen-bond donors (Lipinski definition) is 0. The van der Waals surface area contributed by atoms with Crippen molar-refractivity contribution in [1.82, 2.24) is 13.9 Å². The molecule has 148 valence electrons. The molecular formula is C19H27N3O3S2. The number of fused-ring (bicyclic) bond motifs is 1. The molecule has 0 unspecified atom stereocenters. The number of rotatable bonds is 7. The Morgan fingerprint density at radius 2 is 1.96 bits per heavy atom. The van der Waals surface area contributed by atoms with E-state index < -0.39 is 10.0 Å². The minimum Gasteiger partial charge on any atom is -0.319 e. The van der Waals surface area contributed by atoms with Gasteiger partial charge in [0.15, 0.2) is 5.16 Å². The SMILES string of the molecule is CCN(CC)S(=O)(=O)c1ccc2c(c1)nc(S[C@H]1CCCCC1=O)n2CC. The topological polar surface area (TPSA) is 72.3 Å². The van der Waals surface area contributed by atoms with Crippen molar-refractivity contribution in [2.24, 2.45) is 0 Å². The van der Waals surface area contributed by atoms with Gasteiger partial charge < -0.3 is 4.57 Å². The Morgan fingerprint density at radius 3 is 2.59 bits per heavy atom. The first kappa shape index (κ1) is 20.4. The molecule has 8 heteroatoms. The van der Waals surface area contributed by atoms with Crippen molar-refractivity contribution < 1.29 is 13.2 Å². The smallest absolute Gasteiger partial charge is 0.243 e. The van der Waals surface area contributed by atoms with Crippen molar-refractivity contribution in [3.05, 3.63) is 18.2 Å². The third-order valence-corrected chi connectivity index (χ3v) is 8.44. The molecule has 1 saturated carbocycles. The van der Waals surface area contributed by atoms with E-state index >= 15 is 0 Å². The van der Waals surface area contributed by atoms with Crippen LogP contribution in [-0.2, 0) is 21.4 Å². The van der Waals surface area contributed by atoms with Crippen molar-refractivity contribution in [3.8, 4) is 0 Å². The first-order chi connectivity index (χ1) is 12.9. The molecule has 0 N–H and O–H groups in total. The summed E-state index contributed by atoms with van der Waals surface area (Å²) in [5.41, 5.74) is 1.57. The highest BCUT2D eigenvalue weighted by molar-refractivity contribution is 8.00. The van der Waals surface area contributed by atoms with E-state index in [1.165, 1.54) is 16.1 Å². The van der Waals surface area contributed by atoms with Gasteiger partial charge in [0.05, 0.1) is 21.2 Å². The summed E-state index contributed by atoms with van der Waals surface area (Å²) in [6, 6.07) is 5.14. The zero-order chi connectivity index (χ0) is 19.6. The average Bonchev–Trinajstić information content (AvgIpc) is 3.00. The van der Waals surface area contributed by atoms with Crippen LogP contribution in [0.1, 0.15) is 46.5 Å². The second-order valence-electron chi connectivity index (χ2n) is 6.70. The van der Waals surface area contributed by atoms with Gasteiger partial charge in [-0.25, -0.2) is 13.4 Å². The molecule has 0 spiro atoms. The summed E-state index contributed by atoms with van der Waals surface area (Å²) < 4.78 is 29.1. The number of Topliss-reactive ketones (excluding diaryl/α,β-unsaturated/α-hetero) is 1. The Balaban J connectivity index is 1.99. The van der Waals surface area contributed by atoms with E-state index in [1.807, 2.05) is 26.8 Å². The Kier molecular flexibility index (Phi) is 6.28. The zero-order valence-electron chi connectivity index (χ0n) is 16.1. The molecule has 0 saturated heterocycles. The van der Waals surface area contributed by atoms with Gasteiger partial charge in [-0.3, -0.25) is 4.79 Å². The van der Waals surface area contributed by atoms with Gasteiger partial charge >= 0.3 is 0 Å². The number of aryl methyl sites for hydroxylation is 1. The second kappa shape index (κ2) is 8.32. The van der Waals surface area contributed by atoms with Crippen molar-refractivity contribution >= 4 is 38.6 Å². The molecule has 1 fully saturated rings. The number of hydrogen-bond acceptors (Lipinski definition) is 5. The van der Waals surface area contributed by atoms with Gasteiger partial charge in [0.25, 0.3) is 0 Å². The molecule has 3 rings (SSSR count). The summed E-state index contributed by atoms with van der Waals surface area (Å²) in [6.07, 6.45) is 3.59. The number of aromatic nitrogens is 2. The minimum absolute atomic E-state index is 0.0419. The fraction of sp³-hybridized carbons (Fsp3) is 0.579. The maximum Gasteiger partial charge on any atom is 0.243 e. The number of thioether (sulfide) groups is 1. The van der Waals surface area contributed by atoms with Crippen LogP contribution in [-0.4, -0.2) is 46.4 Å². The lowest BCUT2D eigenvalue weighted by Crippen LogP contribution is -2.30. The Morgan fingerprint density at radius 1 is 1.22 bits per heavy atom. The molecule has 0 aliphatic heterocycles. The fourth-order valence-corrected chi connectivity index (χ4v) is 6.33. The van der Waals surface area contributed by atoms with E-state index in [9.17, 15) is 13.2 Å². The largest absolute Gasteiger partial charge is 0.319 e. The maximum atomic E-state index is 12.8. The van der Waals surface area contributed by atoms with Gasteiger partial charge in [0.1, 0.15) is 5.78 Å². The van der Waals surface area contributed by atoms with Gasteiger partial charge in [0, 0.05) is 26.1 Å². The molecule has 1 atom stereocenters. The summed E-state index contributed by atoms with van der Waals surface area (Å²) in [5, 5.41) is 0.755. The number of ketones is 1. The van der Waals surface area contributed by atoms with Crippen molar-refractivity contribution in [3.63, 3.8) is 0 Å². The molecule has 0 amide bonds. The normalized spacial score (nSPS) is 18.5. The average molecular weight is 410 g/mol. The zero-order valence-corrected chi connectivity index (χ0v) is 17.8. The van der Waals surface area contributed by atoms with Crippen molar-refractivity contribution in [2.45, 2.75) is 68.3 Å². The van der Waals surface area contributed by atoms with E-state index in [-0.39, 0.29) is 10.1 Å². The van der Waals surface area contributed by atoms with Gasteiger partial charge in [-0.15, -0.1) is 0 Å². The van der Waals surface area contributed by atoms with Gasteiger partial charge in [-0.2, -0.15) is 4.31 Å². The number of carbonyl (C=O) groups is 1. The van der Waals surface area contributed by atoms with Crippen LogP contribution >= 0.6 is 11.8 Å². The van der Waals surface area contributed by atoms with Gasteiger partial charge in [0.2, 0.25) is 10.0 Å². The molecule has 1 aliphatic carbocycles. The van der Waals surface area contributed by atoms with E-state index in [4.69, 9.17) is 0 Å². The molecule has 1 aromatic heterocycles. The van der Waals surface area contributed by atoms with E-state index in [1.54, 1.807) is 12.1 Å². The van der Waals surface area contributed by atoms with Crippen LogP contribution in [0.25, 0.3) is 11.0 Å². The Labute approximate surface area is 165 Å². The number of carbonyl (C=O) groups excluding carboxylic acids is 1.